The number of nitrogen functional groups attached to an aromatic ring is 1. The summed E-state index contributed by atoms with van der Waals surface area (Å²) in [4.78, 5) is 36.6. The van der Waals surface area contributed by atoms with Gasteiger partial charge in [-0.2, -0.15) is 5.10 Å². The number of likely N-dealkylation sites (tertiary alicyclic amines) is 1. The lowest BCUT2D eigenvalue weighted by Crippen LogP contribution is -2.28. The maximum atomic E-state index is 12.2. The number of para-hydroxylation sites is 1. The molecule has 4 rings (SSSR count). The van der Waals surface area contributed by atoms with Crippen molar-refractivity contribution in [2.45, 2.75) is 12.5 Å². The van der Waals surface area contributed by atoms with Crippen LogP contribution >= 0.6 is 0 Å². The summed E-state index contributed by atoms with van der Waals surface area (Å²) in [6.07, 6.45) is 2.35. The number of nitrogens with two attached hydrogens (primary N) is 2. The molecule has 1 aliphatic heterocycles. The molecule has 34 heavy (non-hydrogen) atoms. The molecule has 2 amide bonds. The van der Waals surface area contributed by atoms with E-state index >= 15 is 0 Å². The van der Waals surface area contributed by atoms with Gasteiger partial charge >= 0.3 is 5.97 Å². The van der Waals surface area contributed by atoms with E-state index in [1.807, 2.05) is 30.3 Å². The molecule has 3 aromatic rings. The molecular weight excluding hydrogens is 438 g/mol. The fourth-order valence-electron chi connectivity index (χ4n) is 3.87. The number of primary amides is 1. The van der Waals surface area contributed by atoms with Gasteiger partial charge in [0.2, 0.25) is 5.91 Å². The molecule has 0 spiro atoms. The third-order valence-corrected chi connectivity index (χ3v) is 5.49. The summed E-state index contributed by atoms with van der Waals surface area (Å²) < 4.78 is 7.32. The van der Waals surface area contributed by atoms with E-state index in [9.17, 15) is 14.4 Å². The van der Waals surface area contributed by atoms with E-state index in [1.54, 1.807) is 24.3 Å². The fourth-order valence-corrected chi connectivity index (χ4v) is 3.87. The molecule has 1 atom stereocenters. The zero-order valence-corrected chi connectivity index (χ0v) is 18.1. The number of hydrogen-bond donors (Lipinski definition) is 3. The van der Waals surface area contributed by atoms with Gasteiger partial charge in [-0.05, 0) is 42.8 Å². The molecule has 0 radical (unpaired) electrons. The van der Waals surface area contributed by atoms with Gasteiger partial charge in [-0.3, -0.25) is 9.59 Å². The molecule has 2 aromatic carbocycles. The summed E-state index contributed by atoms with van der Waals surface area (Å²) in [7, 11) is 0. The molecule has 10 heteroatoms. The predicted octanol–water partition coefficient (Wildman–Crippen LogP) is 2.44. The van der Waals surface area contributed by atoms with Crippen molar-refractivity contribution in [2.75, 3.05) is 18.8 Å². The molecule has 0 unspecified atom stereocenters. The number of carboxylic acid groups (broad SMARTS) is 1. The van der Waals surface area contributed by atoms with Gasteiger partial charge in [0.15, 0.2) is 0 Å². The first-order valence-corrected chi connectivity index (χ1v) is 10.5. The highest BCUT2D eigenvalue weighted by molar-refractivity contribution is 6.03. The number of carboxylic acids is 1. The Bertz CT molecular complexity index is 1250. The van der Waals surface area contributed by atoms with Crippen LogP contribution in [0.15, 0.2) is 66.7 Å². The summed E-state index contributed by atoms with van der Waals surface area (Å²) in [5.41, 5.74) is 12.9. The molecule has 0 bridgehead atoms. The van der Waals surface area contributed by atoms with Gasteiger partial charge in [0, 0.05) is 30.8 Å². The minimum absolute atomic E-state index is 0.104. The fraction of sp³-hybridized carbons (Fsp3) is 0.167. The van der Waals surface area contributed by atoms with Crippen LogP contribution in [-0.2, 0) is 9.59 Å². The Balaban J connectivity index is 1.57. The van der Waals surface area contributed by atoms with Crippen LogP contribution in [0.5, 0.6) is 11.5 Å². The van der Waals surface area contributed by atoms with E-state index in [4.69, 9.17) is 21.3 Å². The standard InChI is InChI=1S/C24H23N5O5/c25-23-21(24(26)33)22(15-6-8-18(9-7-15)34-17-4-2-1-3-5-17)27-29(23)16-12-13-28(14-16)19(30)10-11-20(31)32/h1-11,16H,12-14,25H2,(H2,26,33)(H,31,32)/t16-/m1/s1. The minimum Gasteiger partial charge on any atom is -0.478 e. The van der Waals surface area contributed by atoms with E-state index in [0.717, 1.165) is 12.2 Å². The van der Waals surface area contributed by atoms with Crippen molar-refractivity contribution in [3.8, 4) is 22.8 Å². The molecule has 1 fully saturated rings. The molecule has 10 nitrogen and oxygen atoms in total. The second-order valence-electron chi connectivity index (χ2n) is 7.76. The van der Waals surface area contributed by atoms with Crippen LogP contribution in [-0.4, -0.2) is 50.7 Å². The second kappa shape index (κ2) is 9.49. The first-order valence-electron chi connectivity index (χ1n) is 10.5. The summed E-state index contributed by atoms with van der Waals surface area (Å²) in [5, 5.41) is 13.3. The molecule has 1 aromatic heterocycles. The van der Waals surface area contributed by atoms with Crippen molar-refractivity contribution >= 4 is 23.6 Å². The lowest BCUT2D eigenvalue weighted by atomic mass is 10.1. The molecule has 5 N–H and O–H groups in total. The number of nitrogens with zero attached hydrogens (tertiary/aromatic N) is 3. The molecule has 174 valence electrons. The van der Waals surface area contributed by atoms with Crippen LogP contribution in [0.2, 0.25) is 0 Å². The zero-order valence-electron chi connectivity index (χ0n) is 18.1. The van der Waals surface area contributed by atoms with Gasteiger partial charge in [0.05, 0.1) is 6.04 Å². The van der Waals surface area contributed by atoms with E-state index in [-0.39, 0.29) is 24.0 Å². The number of amides is 2. The Kier molecular flexibility index (Phi) is 6.30. The normalized spacial score (nSPS) is 15.5. The highest BCUT2D eigenvalue weighted by Gasteiger charge is 2.31. The van der Waals surface area contributed by atoms with Crippen LogP contribution in [0, 0.1) is 0 Å². The van der Waals surface area contributed by atoms with Crippen LogP contribution in [0.1, 0.15) is 22.8 Å². The number of carbonyl (C=O) groups excluding carboxylic acids is 2. The molecule has 1 aliphatic rings. The second-order valence-corrected chi connectivity index (χ2v) is 7.76. The number of hydrogen-bond acceptors (Lipinski definition) is 6. The van der Waals surface area contributed by atoms with Gasteiger partial charge < -0.3 is 26.2 Å². The molecule has 0 aliphatic carbocycles. The SMILES string of the molecule is NC(=O)c1c(-c2ccc(Oc3ccccc3)cc2)nn([C@@H]2CCN(C(=O)C=CC(=O)O)C2)c1N. The number of anilines is 1. The number of benzene rings is 2. The molecule has 1 saturated heterocycles. The Morgan fingerprint density at radius 1 is 1.03 bits per heavy atom. The topological polar surface area (TPSA) is 154 Å². The number of carbonyl (C=O) groups is 3. The summed E-state index contributed by atoms with van der Waals surface area (Å²) in [5.74, 6) is -0.898. The van der Waals surface area contributed by atoms with Crippen molar-refractivity contribution in [1.29, 1.82) is 0 Å². The lowest BCUT2D eigenvalue weighted by molar-refractivity contribution is -0.132. The predicted molar refractivity (Wildman–Crippen MR) is 124 cm³/mol. The minimum atomic E-state index is -1.20. The van der Waals surface area contributed by atoms with Crippen molar-refractivity contribution in [3.63, 3.8) is 0 Å². The molecular formula is C24H23N5O5. The third-order valence-electron chi connectivity index (χ3n) is 5.49. The van der Waals surface area contributed by atoms with Crippen LogP contribution in [0.3, 0.4) is 0 Å². The first kappa shape index (κ1) is 22.6. The number of rotatable bonds is 7. The summed E-state index contributed by atoms with van der Waals surface area (Å²) in [6.45, 7) is 0.676. The Labute approximate surface area is 195 Å². The number of aromatic nitrogens is 2. The van der Waals surface area contributed by atoms with Crippen LogP contribution in [0.25, 0.3) is 11.3 Å². The van der Waals surface area contributed by atoms with Crippen molar-refractivity contribution < 1.29 is 24.2 Å². The van der Waals surface area contributed by atoms with Crippen LogP contribution in [0.4, 0.5) is 5.82 Å². The maximum absolute atomic E-state index is 12.2. The largest absolute Gasteiger partial charge is 0.478 e. The Morgan fingerprint density at radius 3 is 2.35 bits per heavy atom. The third kappa shape index (κ3) is 4.75. The lowest BCUT2D eigenvalue weighted by Gasteiger charge is -2.15. The van der Waals surface area contributed by atoms with Crippen LogP contribution < -0.4 is 16.2 Å². The maximum Gasteiger partial charge on any atom is 0.328 e. The highest BCUT2D eigenvalue weighted by Crippen LogP contribution is 2.33. The van der Waals surface area contributed by atoms with E-state index in [2.05, 4.69) is 5.10 Å². The smallest absolute Gasteiger partial charge is 0.328 e. The number of aliphatic carboxylic acids is 1. The van der Waals surface area contributed by atoms with Crippen molar-refractivity contribution in [1.82, 2.24) is 14.7 Å². The molecule has 2 heterocycles. The van der Waals surface area contributed by atoms with E-state index in [0.29, 0.717) is 35.7 Å². The van der Waals surface area contributed by atoms with E-state index in [1.165, 1.54) is 9.58 Å². The van der Waals surface area contributed by atoms with E-state index < -0.39 is 17.8 Å². The quantitative estimate of drug-likeness (QED) is 0.457. The Morgan fingerprint density at radius 2 is 1.71 bits per heavy atom. The average Bonchev–Trinajstić information content (AvgIpc) is 3.43. The zero-order chi connectivity index (χ0) is 24.2. The van der Waals surface area contributed by atoms with Crippen molar-refractivity contribution in [3.05, 3.63) is 72.3 Å². The Hall–Kier alpha value is -4.60. The monoisotopic (exact) mass is 461 g/mol. The van der Waals surface area contributed by atoms with Gasteiger partial charge in [-0.15, -0.1) is 0 Å². The summed E-state index contributed by atoms with van der Waals surface area (Å²) >= 11 is 0. The molecule has 0 saturated carbocycles. The van der Waals surface area contributed by atoms with Gasteiger partial charge in [-0.1, -0.05) is 18.2 Å². The highest BCUT2D eigenvalue weighted by atomic mass is 16.5. The summed E-state index contributed by atoms with van der Waals surface area (Å²) in [6, 6.07) is 16.1. The van der Waals surface area contributed by atoms with Gasteiger partial charge in [-0.25, -0.2) is 9.48 Å². The number of ether oxygens (including phenoxy) is 1. The van der Waals surface area contributed by atoms with Gasteiger partial charge in [0.1, 0.15) is 28.6 Å². The first-order chi connectivity index (χ1) is 16.3. The van der Waals surface area contributed by atoms with Crippen molar-refractivity contribution in [2.24, 2.45) is 5.73 Å². The van der Waals surface area contributed by atoms with Gasteiger partial charge in [0.25, 0.3) is 5.91 Å². The average molecular weight is 461 g/mol.